The van der Waals surface area contributed by atoms with Gasteiger partial charge in [0.1, 0.15) is 0 Å². The van der Waals surface area contributed by atoms with Gasteiger partial charge in [-0.15, -0.1) is 0 Å². The Morgan fingerprint density at radius 3 is 2.67 bits per heavy atom. The maximum absolute atomic E-state index is 12.2. The van der Waals surface area contributed by atoms with E-state index in [9.17, 15) is 13.2 Å². The Labute approximate surface area is 91.3 Å². The average Bonchev–Trinajstić information content (AvgIpc) is 2.54. The van der Waals surface area contributed by atoms with Crippen molar-refractivity contribution < 1.29 is 13.2 Å². The lowest BCUT2D eigenvalue weighted by Gasteiger charge is -2.18. The number of hydrogen-bond acceptors (Lipinski definition) is 2. The first-order chi connectivity index (χ1) is 7.01. The molecule has 86 valence electrons. The van der Waals surface area contributed by atoms with Gasteiger partial charge in [-0.05, 0) is 35.4 Å². The Balaban J connectivity index is 2.51. The fourth-order valence-electron chi connectivity index (χ4n) is 1.48. The van der Waals surface area contributed by atoms with Crippen LogP contribution < -0.4 is 5.32 Å². The van der Waals surface area contributed by atoms with E-state index < -0.39 is 18.6 Å². The van der Waals surface area contributed by atoms with Crippen LogP contribution in [0.5, 0.6) is 0 Å². The van der Waals surface area contributed by atoms with E-state index in [0.29, 0.717) is 13.0 Å². The van der Waals surface area contributed by atoms with Crippen LogP contribution in [-0.4, -0.2) is 18.8 Å². The number of nitrogens with one attached hydrogen (secondary N) is 1. The summed E-state index contributed by atoms with van der Waals surface area (Å²) in [6, 6.07) is 1.36. The fourth-order valence-corrected chi connectivity index (χ4v) is 2.16. The standard InChI is InChI=1S/C10H14F3NS/c1-2-14-9(6-10(11,12)13)5-8-3-4-15-7-8/h3-4,7,9,14H,2,5-6H2,1H3. The van der Waals surface area contributed by atoms with E-state index in [0.717, 1.165) is 5.56 Å². The van der Waals surface area contributed by atoms with Gasteiger partial charge in [-0.2, -0.15) is 24.5 Å². The first-order valence-corrected chi connectivity index (χ1v) is 5.76. The number of hydrogen-bond donors (Lipinski definition) is 1. The zero-order valence-electron chi connectivity index (χ0n) is 8.47. The van der Waals surface area contributed by atoms with Crippen LogP contribution in [0.4, 0.5) is 13.2 Å². The van der Waals surface area contributed by atoms with Crippen molar-refractivity contribution in [3.8, 4) is 0 Å². The van der Waals surface area contributed by atoms with Gasteiger partial charge in [0.05, 0.1) is 6.42 Å². The van der Waals surface area contributed by atoms with E-state index in [1.54, 1.807) is 0 Å². The van der Waals surface area contributed by atoms with E-state index in [4.69, 9.17) is 0 Å². The second kappa shape index (κ2) is 5.51. The van der Waals surface area contributed by atoms with Gasteiger partial charge in [0.15, 0.2) is 0 Å². The topological polar surface area (TPSA) is 12.0 Å². The molecule has 0 aliphatic rings. The lowest BCUT2D eigenvalue weighted by molar-refractivity contribution is -0.139. The highest BCUT2D eigenvalue weighted by Gasteiger charge is 2.31. The zero-order chi connectivity index (χ0) is 11.3. The van der Waals surface area contributed by atoms with Gasteiger partial charge in [0.2, 0.25) is 0 Å². The van der Waals surface area contributed by atoms with Crippen LogP contribution in [-0.2, 0) is 6.42 Å². The number of alkyl halides is 3. The molecule has 5 heteroatoms. The molecule has 0 aliphatic carbocycles. The quantitative estimate of drug-likeness (QED) is 0.829. The molecule has 1 unspecified atom stereocenters. The Kier molecular flexibility index (Phi) is 4.60. The summed E-state index contributed by atoms with van der Waals surface area (Å²) >= 11 is 1.51. The van der Waals surface area contributed by atoms with Gasteiger partial charge in [-0.1, -0.05) is 6.92 Å². The molecule has 1 N–H and O–H groups in total. The maximum atomic E-state index is 12.2. The van der Waals surface area contributed by atoms with Crippen LogP contribution in [0.3, 0.4) is 0 Å². The molecule has 0 spiro atoms. The number of halogens is 3. The molecule has 0 saturated carbocycles. The molecule has 0 fully saturated rings. The van der Waals surface area contributed by atoms with Crippen molar-refractivity contribution in [1.29, 1.82) is 0 Å². The van der Waals surface area contributed by atoms with Gasteiger partial charge in [0, 0.05) is 6.04 Å². The Bertz CT molecular complexity index is 269. The summed E-state index contributed by atoms with van der Waals surface area (Å²) in [6.45, 7) is 2.38. The van der Waals surface area contributed by atoms with Crippen molar-refractivity contribution in [2.75, 3.05) is 6.54 Å². The third kappa shape index (κ3) is 5.18. The van der Waals surface area contributed by atoms with Crippen molar-refractivity contribution in [2.45, 2.75) is 32.0 Å². The van der Waals surface area contributed by atoms with E-state index in [1.165, 1.54) is 11.3 Å². The van der Waals surface area contributed by atoms with Gasteiger partial charge in [-0.25, -0.2) is 0 Å². The Hall–Kier alpha value is -0.550. The predicted octanol–water partition coefficient (Wildman–Crippen LogP) is 3.22. The molecule has 1 aromatic rings. The molecule has 0 radical (unpaired) electrons. The van der Waals surface area contributed by atoms with Crippen molar-refractivity contribution >= 4 is 11.3 Å². The minimum Gasteiger partial charge on any atom is -0.314 e. The molecule has 0 bridgehead atoms. The molecule has 1 nitrogen and oxygen atoms in total. The molecule has 0 saturated heterocycles. The highest BCUT2D eigenvalue weighted by atomic mass is 32.1. The molecule has 0 amide bonds. The molecule has 15 heavy (non-hydrogen) atoms. The summed E-state index contributed by atoms with van der Waals surface area (Å²) in [7, 11) is 0. The number of likely N-dealkylation sites (N-methyl/N-ethyl adjacent to an activating group) is 1. The van der Waals surface area contributed by atoms with E-state index in [2.05, 4.69) is 5.32 Å². The summed E-state index contributed by atoms with van der Waals surface area (Å²) in [5, 5.41) is 6.63. The van der Waals surface area contributed by atoms with Crippen LogP contribution in [0, 0.1) is 0 Å². The minimum atomic E-state index is -4.09. The molecular weight excluding hydrogens is 223 g/mol. The summed E-state index contributed by atoms with van der Waals surface area (Å²) in [5.41, 5.74) is 0.968. The first-order valence-electron chi connectivity index (χ1n) is 4.82. The predicted molar refractivity (Wildman–Crippen MR) is 56.2 cm³/mol. The first kappa shape index (κ1) is 12.5. The van der Waals surface area contributed by atoms with Crippen molar-refractivity contribution in [3.63, 3.8) is 0 Å². The zero-order valence-corrected chi connectivity index (χ0v) is 9.29. The largest absolute Gasteiger partial charge is 0.390 e. The normalized spacial score (nSPS) is 14.1. The molecule has 1 atom stereocenters. The van der Waals surface area contributed by atoms with E-state index in [1.807, 2.05) is 23.8 Å². The highest BCUT2D eigenvalue weighted by molar-refractivity contribution is 7.07. The van der Waals surface area contributed by atoms with Crippen molar-refractivity contribution in [2.24, 2.45) is 0 Å². The second-order valence-corrected chi connectivity index (χ2v) is 4.19. The third-order valence-corrected chi connectivity index (χ3v) is 2.76. The van der Waals surface area contributed by atoms with Crippen LogP contribution in [0.1, 0.15) is 18.9 Å². The summed E-state index contributed by atoms with van der Waals surface area (Å²) in [4.78, 5) is 0. The second-order valence-electron chi connectivity index (χ2n) is 3.41. The minimum absolute atomic E-state index is 0.441. The third-order valence-electron chi connectivity index (χ3n) is 2.03. The molecule has 1 heterocycles. The van der Waals surface area contributed by atoms with Crippen LogP contribution in [0.2, 0.25) is 0 Å². The van der Waals surface area contributed by atoms with Crippen LogP contribution >= 0.6 is 11.3 Å². The lowest BCUT2D eigenvalue weighted by atomic mass is 10.1. The van der Waals surface area contributed by atoms with E-state index >= 15 is 0 Å². The average molecular weight is 237 g/mol. The summed E-state index contributed by atoms with van der Waals surface area (Å²) < 4.78 is 36.7. The molecule has 1 aromatic heterocycles. The maximum Gasteiger partial charge on any atom is 0.390 e. The fraction of sp³-hybridized carbons (Fsp3) is 0.600. The van der Waals surface area contributed by atoms with E-state index in [-0.39, 0.29) is 0 Å². The van der Waals surface area contributed by atoms with Crippen LogP contribution in [0.15, 0.2) is 16.8 Å². The Morgan fingerprint density at radius 2 is 2.20 bits per heavy atom. The monoisotopic (exact) mass is 237 g/mol. The summed E-state index contributed by atoms with van der Waals surface area (Å²) in [6.07, 6.45) is -4.42. The molecular formula is C10H14F3NS. The smallest absolute Gasteiger partial charge is 0.314 e. The molecule has 0 aliphatic heterocycles. The van der Waals surface area contributed by atoms with Gasteiger partial charge >= 0.3 is 6.18 Å². The van der Waals surface area contributed by atoms with Gasteiger partial charge < -0.3 is 5.32 Å². The van der Waals surface area contributed by atoms with Crippen molar-refractivity contribution in [1.82, 2.24) is 5.32 Å². The SMILES string of the molecule is CCNC(Cc1ccsc1)CC(F)(F)F. The van der Waals surface area contributed by atoms with Gasteiger partial charge in [0.25, 0.3) is 0 Å². The lowest BCUT2D eigenvalue weighted by Crippen LogP contribution is -2.35. The summed E-state index contributed by atoms with van der Waals surface area (Å²) in [5.74, 6) is 0. The van der Waals surface area contributed by atoms with Crippen LogP contribution in [0.25, 0.3) is 0 Å². The number of rotatable bonds is 5. The highest BCUT2D eigenvalue weighted by Crippen LogP contribution is 2.23. The number of thiophene rings is 1. The van der Waals surface area contributed by atoms with Gasteiger partial charge in [-0.3, -0.25) is 0 Å². The molecule has 0 aromatic carbocycles. The Morgan fingerprint density at radius 1 is 1.47 bits per heavy atom. The van der Waals surface area contributed by atoms with Crippen molar-refractivity contribution in [3.05, 3.63) is 22.4 Å². The molecule has 1 rings (SSSR count).